The number of hydrogen-bond donors (Lipinski definition) is 0. The van der Waals surface area contributed by atoms with Crippen LogP contribution in [-0.2, 0) is 6.42 Å². The van der Waals surface area contributed by atoms with Crippen LogP contribution in [0.4, 0.5) is 13.2 Å². The molecule has 1 aromatic carbocycles. The summed E-state index contributed by atoms with van der Waals surface area (Å²) >= 11 is 6.05. The summed E-state index contributed by atoms with van der Waals surface area (Å²) in [6, 6.07) is 5.02. The summed E-state index contributed by atoms with van der Waals surface area (Å²) in [5.41, 5.74) is 3.31. The molecule has 22 heavy (non-hydrogen) atoms. The third-order valence-corrected chi connectivity index (χ3v) is 3.63. The van der Waals surface area contributed by atoms with Crippen molar-refractivity contribution in [3.63, 3.8) is 0 Å². The van der Waals surface area contributed by atoms with Gasteiger partial charge in [-0.1, -0.05) is 49.4 Å². The Bertz CT molecular complexity index is 580. The first-order chi connectivity index (χ1) is 10.3. The van der Waals surface area contributed by atoms with Gasteiger partial charge in [0, 0.05) is 11.4 Å². The monoisotopic (exact) mass is 328 g/mol. The minimum absolute atomic E-state index is 0.0643. The molecule has 0 amide bonds. The van der Waals surface area contributed by atoms with Crippen LogP contribution < -0.4 is 0 Å². The van der Waals surface area contributed by atoms with E-state index in [0.29, 0.717) is 10.6 Å². The Hall–Kier alpha value is -1.48. The zero-order chi connectivity index (χ0) is 16.8. The molecule has 1 rings (SSSR count). The summed E-state index contributed by atoms with van der Waals surface area (Å²) < 4.78 is 37.6. The van der Waals surface area contributed by atoms with Crippen molar-refractivity contribution in [3.05, 3.63) is 64.7 Å². The molecule has 0 aliphatic rings. The molecular weight excluding hydrogens is 309 g/mol. The molecule has 0 bridgehead atoms. The lowest BCUT2D eigenvalue weighted by molar-refractivity contribution is -0.134. The summed E-state index contributed by atoms with van der Waals surface area (Å²) in [7, 11) is 0. The average molecular weight is 329 g/mol. The molecule has 0 atom stereocenters. The number of halogens is 4. The van der Waals surface area contributed by atoms with Gasteiger partial charge in [0.1, 0.15) is 0 Å². The van der Waals surface area contributed by atoms with Gasteiger partial charge in [-0.25, -0.2) is 0 Å². The van der Waals surface area contributed by atoms with Gasteiger partial charge < -0.3 is 0 Å². The molecule has 0 aromatic heterocycles. The fourth-order valence-corrected chi connectivity index (χ4v) is 2.50. The summed E-state index contributed by atoms with van der Waals surface area (Å²) in [6.45, 7) is 7.62. The summed E-state index contributed by atoms with van der Waals surface area (Å²) in [5, 5.41) is 0.507. The molecule has 0 unspecified atom stereocenters. The molecule has 0 N–H and O–H groups in total. The van der Waals surface area contributed by atoms with Gasteiger partial charge in [-0.2, -0.15) is 13.2 Å². The van der Waals surface area contributed by atoms with Crippen LogP contribution in [0.25, 0.3) is 5.57 Å². The maximum atomic E-state index is 12.5. The van der Waals surface area contributed by atoms with Crippen LogP contribution in [0, 0.1) is 0 Å². The summed E-state index contributed by atoms with van der Waals surface area (Å²) in [4.78, 5) is 0. The molecule has 0 fully saturated rings. The largest absolute Gasteiger partial charge is 0.389 e. The Kier molecular flexibility index (Phi) is 6.95. The van der Waals surface area contributed by atoms with Crippen molar-refractivity contribution in [2.75, 3.05) is 0 Å². The van der Waals surface area contributed by atoms with Gasteiger partial charge in [0.25, 0.3) is 0 Å². The van der Waals surface area contributed by atoms with Gasteiger partial charge in [-0.3, -0.25) is 0 Å². The third-order valence-electron chi connectivity index (χ3n) is 3.40. The number of aryl methyl sites for hydroxylation is 1. The van der Waals surface area contributed by atoms with E-state index < -0.39 is 12.6 Å². The van der Waals surface area contributed by atoms with Crippen LogP contribution in [0.5, 0.6) is 0 Å². The Morgan fingerprint density at radius 3 is 2.50 bits per heavy atom. The van der Waals surface area contributed by atoms with Gasteiger partial charge in [0.05, 0.1) is 0 Å². The molecule has 0 aliphatic heterocycles. The van der Waals surface area contributed by atoms with Crippen LogP contribution in [-0.4, -0.2) is 6.18 Å². The fraction of sp³-hybridized carbons (Fsp3) is 0.333. The van der Waals surface area contributed by atoms with Crippen molar-refractivity contribution >= 4 is 17.2 Å². The van der Waals surface area contributed by atoms with E-state index in [1.54, 1.807) is 24.3 Å². The fourth-order valence-electron chi connectivity index (χ4n) is 2.33. The second-order valence-corrected chi connectivity index (χ2v) is 5.34. The van der Waals surface area contributed by atoms with Crippen molar-refractivity contribution in [1.82, 2.24) is 0 Å². The highest BCUT2D eigenvalue weighted by atomic mass is 35.5. The predicted octanol–water partition coefficient (Wildman–Crippen LogP) is 6.76. The van der Waals surface area contributed by atoms with Gasteiger partial charge in [-0.15, -0.1) is 0 Å². The van der Waals surface area contributed by atoms with Gasteiger partial charge >= 0.3 is 6.18 Å². The van der Waals surface area contributed by atoms with E-state index in [-0.39, 0.29) is 6.42 Å². The van der Waals surface area contributed by atoms with E-state index in [0.717, 1.165) is 23.1 Å². The van der Waals surface area contributed by atoms with Crippen molar-refractivity contribution in [3.8, 4) is 0 Å². The maximum Gasteiger partial charge on any atom is 0.389 e. The summed E-state index contributed by atoms with van der Waals surface area (Å²) in [6.07, 6.45) is 1.12. The van der Waals surface area contributed by atoms with E-state index >= 15 is 0 Å². The minimum atomic E-state index is -4.17. The van der Waals surface area contributed by atoms with Crippen LogP contribution in [0.2, 0.25) is 5.02 Å². The Balaban J connectivity index is 3.33. The van der Waals surface area contributed by atoms with Crippen molar-refractivity contribution < 1.29 is 13.2 Å². The molecule has 1 aromatic rings. The zero-order valence-electron chi connectivity index (χ0n) is 12.8. The van der Waals surface area contributed by atoms with Crippen LogP contribution >= 0.6 is 11.6 Å². The SMILES string of the molecule is C=C/C=C(\C(=C/C)CC)c1cc(Cl)ccc1CCC(F)(F)F. The van der Waals surface area contributed by atoms with E-state index in [9.17, 15) is 13.2 Å². The molecule has 0 spiro atoms. The smallest absolute Gasteiger partial charge is 0.171 e. The summed E-state index contributed by atoms with van der Waals surface area (Å²) in [5.74, 6) is 0. The van der Waals surface area contributed by atoms with Crippen molar-refractivity contribution in [1.29, 1.82) is 0 Å². The second-order valence-electron chi connectivity index (χ2n) is 4.90. The van der Waals surface area contributed by atoms with Gasteiger partial charge in [-0.05, 0) is 54.2 Å². The molecule has 0 aliphatic carbocycles. The highest BCUT2D eigenvalue weighted by molar-refractivity contribution is 6.30. The van der Waals surface area contributed by atoms with Crippen LogP contribution in [0.1, 0.15) is 37.8 Å². The highest BCUT2D eigenvalue weighted by Crippen LogP contribution is 2.32. The quantitative estimate of drug-likeness (QED) is 0.506. The topological polar surface area (TPSA) is 0 Å². The van der Waals surface area contributed by atoms with E-state index in [2.05, 4.69) is 6.58 Å². The normalized spacial score (nSPS) is 13.4. The first-order valence-corrected chi connectivity index (χ1v) is 7.54. The number of rotatable bonds is 6. The molecule has 0 saturated carbocycles. The Labute approximate surface area is 135 Å². The number of hydrogen-bond acceptors (Lipinski definition) is 0. The standard InChI is InChI=1S/C18H20ClF3/c1-4-7-16(13(5-2)6-3)17-12-15(19)9-8-14(17)10-11-18(20,21)22/h4-5,7-9,12H,1,6,10-11H2,2-3H3/b13-5-,16-7+. The van der Waals surface area contributed by atoms with Crippen LogP contribution in [0.3, 0.4) is 0 Å². The van der Waals surface area contributed by atoms with E-state index in [1.807, 2.05) is 26.0 Å². The predicted molar refractivity (Wildman–Crippen MR) is 88.1 cm³/mol. The first-order valence-electron chi connectivity index (χ1n) is 7.16. The average Bonchev–Trinajstić information content (AvgIpc) is 2.45. The number of benzene rings is 1. The van der Waals surface area contributed by atoms with E-state index in [4.69, 9.17) is 11.6 Å². The lowest BCUT2D eigenvalue weighted by Gasteiger charge is -2.16. The molecule has 0 nitrogen and oxygen atoms in total. The number of alkyl halides is 3. The first kappa shape index (κ1) is 18.6. The Morgan fingerprint density at radius 1 is 1.32 bits per heavy atom. The maximum absolute atomic E-state index is 12.5. The third kappa shape index (κ3) is 5.38. The molecule has 0 saturated heterocycles. The number of allylic oxidation sites excluding steroid dienone is 5. The van der Waals surface area contributed by atoms with Crippen LogP contribution in [0.15, 0.2) is 48.6 Å². The highest BCUT2D eigenvalue weighted by Gasteiger charge is 2.27. The van der Waals surface area contributed by atoms with E-state index in [1.165, 1.54) is 0 Å². The molecule has 120 valence electrons. The second kappa shape index (κ2) is 8.23. The lowest BCUT2D eigenvalue weighted by atomic mass is 9.90. The van der Waals surface area contributed by atoms with Gasteiger partial charge in [0.15, 0.2) is 0 Å². The zero-order valence-corrected chi connectivity index (χ0v) is 13.6. The van der Waals surface area contributed by atoms with Crippen molar-refractivity contribution in [2.45, 2.75) is 39.3 Å². The molecular formula is C18H20ClF3. The molecule has 4 heteroatoms. The molecule has 0 radical (unpaired) electrons. The minimum Gasteiger partial charge on any atom is -0.171 e. The van der Waals surface area contributed by atoms with Crippen molar-refractivity contribution in [2.24, 2.45) is 0 Å². The molecule has 0 heterocycles. The Morgan fingerprint density at radius 2 is 2.00 bits per heavy atom. The van der Waals surface area contributed by atoms with Gasteiger partial charge in [0.2, 0.25) is 0 Å². The lowest BCUT2D eigenvalue weighted by Crippen LogP contribution is -2.09.